The molecule has 1 aromatic rings. The summed E-state index contributed by atoms with van der Waals surface area (Å²) < 4.78 is 26.7. The molecule has 1 aliphatic carbocycles. The summed E-state index contributed by atoms with van der Waals surface area (Å²) in [6, 6.07) is 6.81. The zero-order valence-electron chi connectivity index (χ0n) is 10.6. The minimum absolute atomic E-state index is 0.201. The SMILES string of the molecule is N#Cc1ccc(NC(=O)C2CCC(F)(F)CC2)c(Br)c1. The molecule has 0 heterocycles. The Morgan fingerprint density at radius 1 is 1.40 bits per heavy atom. The molecule has 0 bridgehead atoms. The molecular formula is C14H13BrF2N2O. The van der Waals surface area contributed by atoms with Crippen LogP contribution in [0, 0.1) is 17.2 Å². The van der Waals surface area contributed by atoms with E-state index in [0.29, 0.717) is 15.7 Å². The first kappa shape index (κ1) is 14.9. The number of alkyl halides is 2. The lowest BCUT2D eigenvalue weighted by Gasteiger charge is -2.27. The number of nitriles is 1. The fourth-order valence-electron chi connectivity index (χ4n) is 2.22. The molecule has 106 valence electrons. The third kappa shape index (κ3) is 3.54. The molecule has 1 aliphatic rings. The van der Waals surface area contributed by atoms with Crippen LogP contribution in [0.4, 0.5) is 14.5 Å². The molecule has 0 radical (unpaired) electrons. The second-order valence-electron chi connectivity index (χ2n) is 4.93. The Morgan fingerprint density at radius 2 is 2.05 bits per heavy atom. The van der Waals surface area contributed by atoms with Crippen molar-refractivity contribution in [2.45, 2.75) is 31.6 Å². The summed E-state index contributed by atoms with van der Waals surface area (Å²) in [5.41, 5.74) is 1.03. The highest BCUT2D eigenvalue weighted by atomic mass is 79.9. The Kier molecular flexibility index (Phi) is 4.39. The predicted molar refractivity (Wildman–Crippen MR) is 74.4 cm³/mol. The van der Waals surface area contributed by atoms with E-state index in [1.807, 2.05) is 6.07 Å². The van der Waals surface area contributed by atoms with Crippen molar-refractivity contribution in [1.82, 2.24) is 0 Å². The van der Waals surface area contributed by atoms with Gasteiger partial charge in [0, 0.05) is 23.2 Å². The van der Waals surface area contributed by atoms with Crippen LogP contribution in [-0.2, 0) is 4.79 Å². The van der Waals surface area contributed by atoms with Gasteiger partial charge in [-0.1, -0.05) is 0 Å². The molecule has 0 spiro atoms. The molecule has 20 heavy (non-hydrogen) atoms. The van der Waals surface area contributed by atoms with Gasteiger partial charge in [-0.05, 0) is 47.0 Å². The maximum Gasteiger partial charge on any atom is 0.248 e. The molecule has 1 fully saturated rings. The van der Waals surface area contributed by atoms with Crippen molar-refractivity contribution >= 4 is 27.5 Å². The zero-order valence-corrected chi connectivity index (χ0v) is 12.2. The zero-order chi connectivity index (χ0) is 14.8. The first-order chi connectivity index (χ1) is 9.41. The van der Waals surface area contributed by atoms with Crippen LogP contribution < -0.4 is 5.32 Å². The molecule has 1 aromatic carbocycles. The van der Waals surface area contributed by atoms with Gasteiger partial charge in [0.05, 0.1) is 17.3 Å². The molecule has 0 aliphatic heterocycles. The van der Waals surface area contributed by atoms with E-state index in [9.17, 15) is 13.6 Å². The number of carbonyl (C=O) groups is 1. The molecule has 3 nitrogen and oxygen atoms in total. The summed E-state index contributed by atoms with van der Waals surface area (Å²) in [6.07, 6.45) is -0.0707. The van der Waals surface area contributed by atoms with Crippen LogP contribution in [0.25, 0.3) is 0 Å². The summed E-state index contributed by atoms with van der Waals surface area (Å²) in [6.45, 7) is 0. The van der Waals surface area contributed by atoms with Gasteiger partial charge in [-0.3, -0.25) is 4.79 Å². The van der Waals surface area contributed by atoms with E-state index in [1.54, 1.807) is 18.2 Å². The van der Waals surface area contributed by atoms with E-state index >= 15 is 0 Å². The van der Waals surface area contributed by atoms with Gasteiger partial charge in [0.15, 0.2) is 0 Å². The molecule has 6 heteroatoms. The fraction of sp³-hybridized carbons (Fsp3) is 0.429. The minimum Gasteiger partial charge on any atom is -0.325 e. The number of rotatable bonds is 2. The second kappa shape index (κ2) is 5.88. The van der Waals surface area contributed by atoms with Crippen molar-refractivity contribution in [3.8, 4) is 6.07 Å². The van der Waals surface area contributed by atoms with Crippen molar-refractivity contribution in [1.29, 1.82) is 5.26 Å². The third-order valence-corrected chi connectivity index (χ3v) is 4.10. The first-order valence-corrected chi connectivity index (χ1v) is 7.09. The summed E-state index contributed by atoms with van der Waals surface area (Å²) in [7, 11) is 0. The normalized spacial score (nSPS) is 18.3. The summed E-state index contributed by atoms with van der Waals surface area (Å²) in [4.78, 5) is 12.0. The van der Waals surface area contributed by atoms with E-state index < -0.39 is 5.92 Å². The van der Waals surface area contributed by atoms with Crippen molar-refractivity contribution in [2.75, 3.05) is 5.32 Å². The van der Waals surface area contributed by atoms with E-state index in [1.165, 1.54) is 0 Å². The van der Waals surface area contributed by atoms with Gasteiger partial charge in [0.1, 0.15) is 0 Å². The number of carbonyl (C=O) groups excluding carboxylic acids is 1. The highest BCUT2D eigenvalue weighted by molar-refractivity contribution is 9.10. The highest BCUT2D eigenvalue weighted by Gasteiger charge is 2.37. The summed E-state index contributed by atoms with van der Waals surface area (Å²) in [5, 5.41) is 11.5. The van der Waals surface area contributed by atoms with E-state index in [-0.39, 0.29) is 37.5 Å². The maximum atomic E-state index is 13.0. The van der Waals surface area contributed by atoms with Crippen molar-refractivity contribution in [2.24, 2.45) is 5.92 Å². The van der Waals surface area contributed by atoms with E-state index in [0.717, 1.165) is 0 Å². The second-order valence-corrected chi connectivity index (χ2v) is 5.78. The molecule has 0 saturated heterocycles. The number of hydrogen-bond donors (Lipinski definition) is 1. The predicted octanol–water partition coefficient (Wildman–Crippen LogP) is 4.08. The van der Waals surface area contributed by atoms with Gasteiger partial charge in [-0.15, -0.1) is 0 Å². The largest absolute Gasteiger partial charge is 0.325 e. The standard InChI is InChI=1S/C14H13BrF2N2O/c15-11-7-9(8-18)1-2-12(11)19-13(20)10-3-5-14(16,17)6-4-10/h1-2,7,10H,3-6H2,(H,19,20). The molecule has 1 saturated carbocycles. The number of benzene rings is 1. The molecule has 0 unspecified atom stereocenters. The highest BCUT2D eigenvalue weighted by Crippen LogP contribution is 2.36. The lowest BCUT2D eigenvalue weighted by Crippen LogP contribution is -2.31. The van der Waals surface area contributed by atoms with Gasteiger partial charge in [0.25, 0.3) is 0 Å². The number of nitrogens with zero attached hydrogens (tertiary/aromatic N) is 1. The lowest BCUT2D eigenvalue weighted by atomic mass is 9.86. The van der Waals surface area contributed by atoms with Crippen molar-refractivity contribution < 1.29 is 13.6 Å². The van der Waals surface area contributed by atoms with Crippen LogP contribution >= 0.6 is 15.9 Å². The van der Waals surface area contributed by atoms with Gasteiger partial charge in [0.2, 0.25) is 11.8 Å². The number of hydrogen-bond acceptors (Lipinski definition) is 2. The van der Waals surface area contributed by atoms with Crippen LogP contribution in [0.2, 0.25) is 0 Å². The molecular weight excluding hydrogens is 330 g/mol. The molecule has 0 atom stereocenters. The van der Waals surface area contributed by atoms with Crippen LogP contribution in [0.3, 0.4) is 0 Å². The average Bonchev–Trinajstić information content (AvgIpc) is 2.40. The molecule has 2 rings (SSSR count). The summed E-state index contributed by atoms with van der Waals surface area (Å²) >= 11 is 3.27. The van der Waals surface area contributed by atoms with Crippen LogP contribution in [0.1, 0.15) is 31.2 Å². The fourth-order valence-corrected chi connectivity index (χ4v) is 2.70. The monoisotopic (exact) mass is 342 g/mol. The maximum absolute atomic E-state index is 13.0. The van der Waals surface area contributed by atoms with Gasteiger partial charge < -0.3 is 5.32 Å². The number of amides is 1. The first-order valence-electron chi connectivity index (χ1n) is 6.29. The Bertz CT molecular complexity index is 559. The van der Waals surface area contributed by atoms with Gasteiger partial charge in [-0.25, -0.2) is 8.78 Å². The smallest absolute Gasteiger partial charge is 0.248 e. The van der Waals surface area contributed by atoms with E-state index in [4.69, 9.17) is 5.26 Å². The Labute approximate surface area is 124 Å². The van der Waals surface area contributed by atoms with Crippen LogP contribution in [-0.4, -0.2) is 11.8 Å². The number of nitrogens with one attached hydrogen (secondary N) is 1. The molecule has 0 aromatic heterocycles. The van der Waals surface area contributed by atoms with Gasteiger partial charge >= 0.3 is 0 Å². The minimum atomic E-state index is -2.63. The average molecular weight is 343 g/mol. The summed E-state index contributed by atoms with van der Waals surface area (Å²) in [5.74, 6) is -3.26. The van der Waals surface area contributed by atoms with E-state index in [2.05, 4.69) is 21.2 Å². The number of halogens is 3. The molecule has 1 N–H and O–H groups in total. The Morgan fingerprint density at radius 3 is 2.60 bits per heavy atom. The topological polar surface area (TPSA) is 52.9 Å². The van der Waals surface area contributed by atoms with Crippen molar-refractivity contribution in [3.63, 3.8) is 0 Å². The van der Waals surface area contributed by atoms with Gasteiger partial charge in [-0.2, -0.15) is 5.26 Å². The van der Waals surface area contributed by atoms with Crippen LogP contribution in [0.15, 0.2) is 22.7 Å². The Hall–Kier alpha value is -1.48. The third-order valence-electron chi connectivity index (χ3n) is 3.44. The Balaban J connectivity index is 2.00. The quantitative estimate of drug-likeness (QED) is 0.880. The lowest BCUT2D eigenvalue weighted by molar-refractivity contribution is -0.124. The molecule has 1 amide bonds. The number of anilines is 1. The van der Waals surface area contributed by atoms with Crippen molar-refractivity contribution in [3.05, 3.63) is 28.2 Å². The van der Waals surface area contributed by atoms with Crippen LogP contribution in [0.5, 0.6) is 0 Å².